The fraction of sp³-hybridized carbons (Fsp3) is 0.250. The van der Waals surface area contributed by atoms with Gasteiger partial charge in [-0.15, -0.1) is 11.3 Å². The topological polar surface area (TPSA) is 94.9 Å². The maximum atomic E-state index is 11.0. The molecule has 3 aromatic rings. The summed E-state index contributed by atoms with van der Waals surface area (Å²) in [5.74, 6) is 0.270. The number of fused-ring (bicyclic) bond motifs is 3. The molecule has 0 saturated carbocycles. The highest BCUT2D eigenvalue weighted by Crippen LogP contribution is 2.45. The Hall–Kier alpha value is -3.22. The third-order valence-electron chi connectivity index (χ3n) is 5.05. The second-order valence-corrected chi connectivity index (χ2v) is 7.62. The first-order valence-corrected chi connectivity index (χ1v) is 9.82. The number of nitrogens with zero attached hydrogens (tertiary/aromatic N) is 6. The van der Waals surface area contributed by atoms with Gasteiger partial charge in [-0.3, -0.25) is 9.78 Å². The zero-order valence-corrected chi connectivity index (χ0v) is 16.1. The fourth-order valence-corrected chi connectivity index (χ4v) is 4.63. The lowest BCUT2D eigenvalue weighted by atomic mass is 9.83. The number of amides is 1. The zero-order valence-electron chi connectivity index (χ0n) is 15.3. The van der Waals surface area contributed by atoms with Crippen LogP contribution in [0.3, 0.4) is 0 Å². The molecule has 0 saturated heterocycles. The molecule has 0 aliphatic heterocycles. The Morgan fingerprint density at radius 1 is 1.29 bits per heavy atom. The number of hydrogen-bond donors (Lipinski definition) is 0. The fourth-order valence-electron chi connectivity index (χ4n) is 3.70. The highest BCUT2D eigenvalue weighted by Gasteiger charge is 2.30. The van der Waals surface area contributed by atoms with Crippen molar-refractivity contribution in [3.8, 4) is 22.5 Å². The van der Waals surface area contributed by atoms with Crippen molar-refractivity contribution in [3.05, 3.63) is 62.9 Å². The molecule has 1 atom stereocenters. The summed E-state index contributed by atoms with van der Waals surface area (Å²) >= 11 is 1.64. The van der Waals surface area contributed by atoms with Crippen molar-refractivity contribution in [2.75, 3.05) is 13.6 Å². The number of benzene rings is 1. The second kappa shape index (κ2) is 7.80. The molecule has 0 radical (unpaired) electrons. The normalized spacial score (nSPS) is 14.5. The van der Waals surface area contributed by atoms with Crippen LogP contribution >= 0.6 is 11.3 Å². The van der Waals surface area contributed by atoms with Gasteiger partial charge in [-0.05, 0) is 41.1 Å². The molecule has 1 amide bonds. The van der Waals surface area contributed by atoms with Crippen LogP contribution in [-0.2, 0) is 11.2 Å². The Balaban J connectivity index is 1.81. The van der Waals surface area contributed by atoms with Gasteiger partial charge in [0.05, 0.1) is 11.2 Å². The Bertz CT molecular complexity index is 1070. The molecule has 1 aliphatic carbocycles. The molecule has 2 aromatic heterocycles. The van der Waals surface area contributed by atoms with Gasteiger partial charge in [0.1, 0.15) is 5.69 Å². The molecule has 140 valence electrons. The summed E-state index contributed by atoms with van der Waals surface area (Å²) in [6.07, 6.45) is 4.30. The quantitative estimate of drug-likeness (QED) is 0.258. The van der Waals surface area contributed by atoms with Crippen LogP contribution in [0, 0.1) is 0 Å². The van der Waals surface area contributed by atoms with E-state index in [1.165, 1.54) is 4.88 Å². The molecule has 0 bridgehead atoms. The molecule has 1 unspecified atom stereocenters. The van der Waals surface area contributed by atoms with Gasteiger partial charge in [0, 0.05) is 41.2 Å². The smallest absolute Gasteiger partial charge is 0.209 e. The number of carbonyl (C=O) groups excluding carboxylic acids is 1. The second-order valence-electron chi connectivity index (χ2n) is 6.73. The van der Waals surface area contributed by atoms with Crippen molar-refractivity contribution in [1.82, 2.24) is 14.9 Å². The number of azide groups is 1. The summed E-state index contributed by atoms with van der Waals surface area (Å²) in [6, 6.07) is 9.54. The molecule has 1 aromatic carbocycles. The third-order valence-corrected chi connectivity index (χ3v) is 6.04. The minimum absolute atomic E-state index is 0.270. The van der Waals surface area contributed by atoms with E-state index in [-0.39, 0.29) is 5.92 Å². The highest BCUT2D eigenvalue weighted by atomic mass is 32.1. The van der Waals surface area contributed by atoms with Gasteiger partial charge in [0.25, 0.3) is 0 Å². The van der Waals surface area contributed by atoms with Gasteiger partial charge < -0.3 is 4.90 Å². The minimum Gasteiger partial charge on any atom is -0.348 e. The molecular formula is C20H18N6OS. The first-order chi connectivity index (χ1) is 13.7. The maximum Gasteiger partial charge on any atom is 0.209 e. The first-order valence-electron chi connectivity index (χ1n) is 8.94. The van der Waals surface area contributed by atoms with Crippen molar-refractivity contribution in [2.45, 2.75) is 18.8 Å². The highest BCUT2D eigenvalue weighted by molar-refractivity contribution is 7.10. The summed E-state index contributed by atoms with van der Waals surface area (Å²) in [4.78, 5) is 26.0. The largest absolute Gasteiger partial charge is 0.348 e. The Labute approximate surface area is 166 Å². The third kappa shape index (κ3) is 3.24. The Kier molecular flexibility index (Phi) is 5.06. The van der Waals surface area contributed by atoms with Crippen LogP contribution in [0.5, 0.6) is 0 Å². The summed E-state index contributed by atoms with van der Waals surface area (Å²) < 4.78 is 0. The van der Waals surface area contributed by atoms with E-state index in [1.807, 2.05) is 35.8 Å². The first kappa shape index (κ1) is 18.2. The van der Waals surface area contributed by atoms with E-state index < -0.39 is 0 Å². The molecule has 0 fully saturated rings. The van der Waals surface area contributed by atoms with Crippen molar-refractivity contribution in [2.24, 2.45) is 5.11 Å². The molecule has 4 rings (SSSR count). The molecule has 7 nitrogen and oxygen atoms in total. The van der Waals surface area contributed by atoms with Gasteiger partial charge in [-0.2, -0.15) is 0 Å². The lowest BCUT2D eigenvalue weighted by Crippen LogP contribution is -2.21. The van der Waals surface area contributed by atoms with Crippen LogP contribution < -0.4 is 0 Å². The molecular weight excluding hydrogens is 372 g/mol. The van der Waals surface area contributed by atoms with Gasteiger partial charge in [-0.25, -0.2) is 4.98 Å². The van der Waals surface area contributed by atoms with Crippen LogP contribution in [0.25, 0.3) is 33.0 Å². The minimum atomic E-state index is 0.270. The van der Waals surface area contributed by atoms with Crippen LogP contribution in [0.4, 0.5) is 5.69 Å². The van der Waals surface area contributed by atoms with Crippen molar-refractivity contribution < 1.29 is 4.79 Å². The number of carbonyl (C=O) groups is 1. The lowest BCUT2D eigenvalue weighted by Gasteiger charge is -2.26. The van der Waals surface area contributed by atoms with E-state index in [9.17, 15) is 4.79 Å². The maximum absolute atomic E-state index is 11.0. The van der Waals surface area contributed by atoms with Crippen molar-refractivity contribution in [3.63, 3.8) is 0 Å². The van der Waals surface area contributed by atoms with Gasteiger partial charge >= 0.3 is 0 Å². The number of hydrogen-bond acceptors (Lipinski definition) is 5. The molecule has 2 heterocycles. The van der Waals surface area contributed by atoms with Crippen LogP contribution in [0.2, 0.25) is 0 Å². The number of aromatic nitrogens is 2. The molecule has 0 spiro atoms. The Morgan fingerprint density at radius 3 is 2.96 bits per heavy atom. The van der Waals surface area contributed by atoms with E-state index in [4.69, 9.17) is 5.53 Å². The predicted octanol–water partition coefficient (Wildman–Crippen LogP) is 4.93. The van der Waals surface area contributed by atoms with Crippen molar-refractivity contribution in [1.29, 1.82) is 0 Å². The molecule has 0 N–H and O–H groups in total. The summed E-state index contributed by atoms with van der Waals surface area (Å²) in [7, 11) is 1.79. The van der Waals surface area contributed by atoms with Crippen molar-refractivity contribution >= 4 is 23.4 Å². The Morgan fingerprint density at radius 2 is 2.14 bits per heavy atom. The number of thiazole rings is 1. The lowest BCUT2D eigenvalue weighted by molar-refractivity contribution is -0.117. The van der Waals surface area contributed by atoms with Crippen LogP contribution in [0.1, 0.15) is 22.8 Å². The van der Waals surface area contributed by atoms with E-state index in [0.717, 1.165) is 47.3 Å². The van der Waals surface area contributed by atoms with Crippen LogP contribution in [0.15, 0.2) is 47.2 Å². The average Bonchev–Trinajstić information content (AvgIpc) is 3.22. The van der Waals surface area contributed by atoms with Gasteiger partial charge in [0.2, 0.25) is 6.41 Å². The van der Waals surface area contributed by atoms with E-state index >= 15 is 0 Å². The molecule has 8 heteroatoms. The summed E-state index contributed by atoms with van der Waals surface area (Å²) in [5.41, 5.74) is 16.2. The molecule has 1 aliphatic rings. The van der Waals surface area contributed by atoms with Gasteiger partial charge in [-0.1, -0.05) is 29.4 Å². The number of rotatable bonds is 6. The zero-order chi connectivity index (χ0) is 19.5. The summed E-state index contributed by atoms with van der Waals surface area (Å²) in [6.45, 7) is 0.686. The standard InChI is InChI=1S/C20H18N6OS/c1-26(12-27)9-7-13-10-16-14(15-4-2-3-5-17(15)24-25-21)6-8-22-18(16)19-20(13)28-11-23-19/h2-6,8,11-13H,7,9-10H2,1H3. The predicted molar refractivity (Wildman–Crippen MR) is 109 cm³/mol. The average molecular weight is 390 g/mol. The monoisotopic (exact) mass is 390 g/mol. The van der Waals surface area contributed by atoms with E-state index in [1.54, 1.807) is 29.5 Å². The van der Waals surface area contributed by atoms with Gasteiger partial charge in [0.15, 0.2) is 0 Å². The summed E-state index contributed by atoms with van der Waals surface area (Å²) in [5, 5.41) is 3.86. The number of pyridine rings is 1. The SMILES string of the molecule is CN(C=O)CCC1Cc2c(-c3ccccc3N=[N+]=[N-])ccnc2-c2ncsc21. The van der Waals surface area contributed by atoms with E-state index in [0.29, 0.717) is 12.2 Å². The van der Waals surface area contributed by atoms with E-state index in [2.05, 4.69) is 20.0 Å². The molecule has 28 heavy (non-hydrogen) atoms. The van der Waals surface area contributed by atoms with Crippen LogP contribution in [-0.4, -0.2) is 34.9 Å².